The van der Waals surface area contributed by atoms with Crippen LogP contribution in [0.25, 0.3) is 0 Å². The number of nitrogens with zero attached hydrogens (tertiary/aromatic N) is 3. The number of pyridine rings is 1. The average molecular weight is 345 g/mol. The lowest BCUT2D eigenvalue weighted by molar-refractivity contribution is -0.385. The summed E-state index contributed by atoms with van der Waals surface area (Å²) in [5, 5.41) is 14.1. The van der Waals surface area contributed by atoms with E-state index in [-0.39, 0.29) is 11.7 Å². The topological polar surface area (TPSA) is 71.3 Å². The number of rotatable bonds is 7. The molecular formula is C13H21BrN4O2. The predicted molar refractivity (Wildman–Crippen MR) is 84.2 cm³/mol. The normalized spacial score (nSPS) is 12.5. The van der Waals surface area contributed by atoms with E-state index in [1.54, 1.807) is 6.92 Å². The average Bonchev–Trinajstić information content (AvgIpc) is 2.41. The zero-order chi connectivity index (χ0) is 15.3. The highest BCUT2D eigenvalue weighted by Crippen LogP contribution is 2.30. The van der Waals surface area contributed by atoms with E-state index >= 15 is 0 Å². The largest absolute Gasteiger partial charge is 0.365 e. The second kappa shape index (κ2) is 7.54. The van der Waals surface area contributed by atoms with Gasteiger partial charge in [0.15, 0.2) is 0 Å². The van der Waals surface area contributed by atoms with Crippen LogP contribution in [0.2, 0.25) is 0 Å². The van der Waals surface area contributed by atoms with E-state index in [2.05, 4.69) is 51.9 Å². The number of nitro groups is 1. The first-order valence-electron chi connectivity index (χ1n) is 6.69. The molecule has 1 aromatic heterocycles. The van der Waals surface area contributed by atoms with Crippen molar-refractivity contribution in [3.63, 3.8) is 0 Å². The summed E-state index contributed by atoms with van der Waals surface area (Å²) in [6.07, 6.45) is 1.30. The SMILES string of the molecule is CCN(CC)CC(C)Nc1ncc([N+](=O)[O-])c(C)c1Br. The van der Waals surface area contributed by atoms with E-state index < -0.39 is 4.92 Å². The third kappa shape index (κ3) is 4.14. The monoisotopic (exact) mass is 344 g/mol. The van der Waals surface area contributed by atoms with Crippen molar-refractivity contribution >= 4 is 27.4 Å². The molecular weight excluding hydrogens is 324 g/mol. The van der Waals surface area contributed by atoms with Gasteiger partial charge in [-0.3, -0.25) is 10.1 Å². The van der Waals surface area contributed by atoms with Crippen LogP contribution in [0.3, 0.4) is 0 Å². The second-order valence-corrected chi connectivity index (χ2v) is 5.51. The lowest BCUT2D eigenvalue weighted by Crippen LogP contribution is -2.35. The van der Waals surface area contributed by atoms with Crippen molar-refractivity contribution in [2.24, 2.45) is 0 Å². The summed E-state index contributed by atoms with van der Waals surface area (Å²) in [6, 6.07) is 0.208. The quantitative estimate of drug-likeness (QED) is 0.607. The van der Waals surface area contributed by atoms with Gasteiger partial charge in [0.1, 0.15) is 12.0 Å². The van der Waals surface area contributed by atoms with Crippen molar-refractivity contribution in [1.29, 1.82) is 0 Å². The van der Waals surface area contributed by atoms with Crippen molar-refractivity contribution in [3.05, 3.63) is 26.3 Å². The number of likely N-dealkylation sites (N-methyl/N-ethyl adjacent to an activating group) is 1. The standard InChI is InChI=1S/C13H21BrN4O2/c1-5-17(6-2)8-9(3)16-13-12(14)10(4)11(7-15-13)18(19)20/h7,9H,5-6,8H2,1-4H3,(H,15,16). The zero-order valence-corrected chi connectivity index (χ0v) is 13.9. The van der Waals surface area contributed by atoms with E-state index in [1.807, 2.05) is 0 Å². The highest BCUT2D eigenvalue weighted by molar-refractivity contribution is 9.10. The Balaban J connectivity index is 2.83. The van der Waals surface area contributed by atoms with E-state index in [9.17, 15) is 10.1 Å². The Bertz CT molecular complexity index is 478. The van der Waals surface area contributed by atoms with Crippen molar-refractivity contribution < 1.29 is 4.92 Å². The van der Waals surface area contributed by atoms with Crippen LogP contribution >= 0.6 is 15.9 Å². The van der Waals surface area contributed by atoms with Gasteiger partial charge in [-0.1, -0.05) is 13.8 Å². The van der Waals surface area contributed by atoms with Gasteiger partial charge in [0.25, 0.3) is 5.69 Å². The summed E-state index contributed by atoms with van der Waals surface area (Å²) in [4.78, 5) is 16.9. The fourth-order valence-electron chi connectivity index (χ4n) is 2.00. The summed E-state index contributed by atoms with van der Waals surface area (Å²) in [6.45, 7) is 10.9. The first kappa shape index (κ1) is 16.8. The molecule has 1 aromatic rings. The Hall–Kier alpha value is -1.21. The molecule has 20 heavy (non-hydrogen) atoms. The fraction of sp³-hybridized carbons (Fsp3) is 0.615. The van der Waals surface area contributed by atoms with Crippen LogP contribution in [0.4, 0.5) is 11.5 Å². The predicted octanol–water partition coefficient (Wildman–Crippen LogP) is 3.20. The lowest BCUT2D eigenvalue weighted by Gasteiger charge is -2.24. The molecule has 0 radical (unpaired) electrons. The second-order valence-electron chi connectivity index (χ2n) is 4.72. The molecule has 0 saturated heterocycles. The molecule has 1 atom stereocenters. The Labute approximate surface area is 127 Å². The Morgan fingerprint density at radius 3 is 2.60 bits per heavy atom. The minimum absolute atomic E-state index is 0.0267. The molecule has 0 fully saturated rings. The van der Waals surface area contributed by atoms with E-state index in [0.717, 1.165) is 19.6 Å². The van der Waals surface area contributed by atoms with Crippen LogP contribution in [0.15, 0.2) is 10.7 Å². The van der Waals surface area contributed by atoms with Gasteiger partial charge in [-0.05, 0) is 42.9 Å². The van der Waals surface area contributed by atoms with E-state index in [1.165, 1.54) is 6.20 Å². The molecule has 7 heteroatoms. The van der Waals surface area contributed by atoms with Crippen LogP contribution in [-0.2, 0) is 0 Å². The molecule has 0 saturated carbocycles. The summed E-state index contributed by atoms with van der Waals surface area (Å²) >= 11 is 3.39. The molecule has 0 aliphatic carbocycles. The van der Waals surface area contributed by atoms with Crippen LogP contribution < -0.4 is 5.32 Å². The number of anilines is 1. The first-order valence-corrected chi connectivity index (χ1v) is 7.48. The molecule has 0 spiro atoms. The maximum Gasteiger partial charge on any atom is 0.291 e. The third-order valence-corrected chi connectivity index (χ3v) is 4.21. The Morgan fingerprint density at radius 2 is 2.10 bits per heavy atom. The minimum Gasteiger partial charge on any atom is -0.365 e. The van der Waals surface area contributed by atoms with Gasteiger partial charge in [0.2, 0.25) is 0 Å². The van der Waals surface area contributed by atoms with Crippen LogP contribution in [0.1, 0.15) is 26.3 Å². The third-order valence-electron chi connectivity index (χ3n) is 3.24. The Kier molecular flexibility index (Phi) is 6.35. The molecule has 6 nitrogen and oxygen atoms in total. The molecule has 0 amide bonds. The number of nitrogens with one attached hydrogen (secondary N) is 1. The smallest absolute Gasteiger partial charge is 0.291 e. The number of aromatic nitrogens is 1. The molecule has 1 rings (SSSR count). The number of hydrogen-bond acceptors (Lipinski definition) is 5. The first-order chi connectivity index (χ1) is 9.40. The van der Waals surface area contributed by atoms with Crippen LogP contribution in [-0.4, -0.2) is 40.5 Å². The molecule has 0 aliphatic heterocycles. The van der Waals surface area contributed by atoms with E-state index in [4.69, 9.17) is 0 Å². The molecule has 112 valence electrons. The number of hydrogen-bond donors (Lipinski definition) is 1. The molecule has 0 aliphatic rings. The van der Waals surface area contributed by atoms with E-state index in [0.29, 0.717) is 15.9 Å². The van der Waals surface area contributed by atoms with Gasteiger partial charge in [0.05, 0.1) is 9.40 Å². The van der Waals surface area contributed by atoms with Gasteiger partial charge in [-0.2, -0.15) is 0 Å². The summed E-state index contributed by atoms with van der Waals surface area (Å²) in [5.41, 5.74) is 0.612. The van der Waals surface area contributed by atoms with Gasteiger partial charge in [-0.25, -0.2) is 4.98 Å². The zero-order valence-electron chi connectivity index (χ0n) is 12.3. The van der Waals surface area contributed by atoms with Crippen molar-refractivity contribution in [1.82, 2.24) is 9.88 Å². The van der Waals surface area contributed by atoms with Crippen LogP contribution in [0.5, 0.6) is 0 Å². The maximum absolute atomic E-state index is 10.8. The molecule has 1 heterocycles. The molecule has 0 bridgehead atoms. The summed E-state index contributed by atoms with van der Waals surface area (Å²) in [7, 11) is 0. The van der Waals surface area contributed by atoms with Crippen LogP contribution in [0, 0.1) is 17.0 Å². The van der Waals surface area contributed by atoms with Gasteiger partial charge in [0, 0.05) is 18.2 Å². The van der Waals surface area contributed by atoms with Crippen molar-refractivity contribution in [3.8, 4) is 0 Å². The lowest BCUT2D eigenvalue weighted by atomic mass is 10.2. The fourth-order valence-corrected chi connectivity index (χ4v) is 2.42. The highest BCUT2D eigenvalue weighted by atomic mass is 79.9. The molecule has 1 N–H and O–H groups in total. The summed E-state index contributed by atoms with van der Waals surface area (Å²) < 4.78 is 0.651. The molecule has 0 aromatic carbocycles. The highest BCUT2D eigenvalue weighted by Gasteiger charge is 2.18. The molecule has 1 unspecified atom stereocenters. The minimum atomic E-state index is -0.420. The van der Waals surface area contributed by atoms with Gasteiger partial charge >= 0.3 is 0 Å². The maximum atomic E-state index is 10.8. The Morgan fingerprint density at radius 1 is 1.50 bits per heavy atom. The van der Waals surface area contributed by atoms with Gasteiger partial charge in [-0.15, -0.1) is 0 Å². The van der Waals surface area contributed by atoms with Crippen molar-refractivity contribution in [2.45, 2.75) is 33.7 Å². The number of halogens is 1. The summed E-state index contributed by atoms with van der Waals surface area (Å²) in [5.74, 6) is 0.646. The van der Waals surface area contributed by atoms with Gasteiger partial charge < -0.3 is 10.2 Å². The van der Waals surface area contributed by atoms with Crippen molar-refractivity contribution in [2.75, 3.05) is 25.0 Å².